The third-order valence-corrected chi connectivity index (χ3v) is 3.46. The van der Waals surface area contributed by atoms with Gasteiger partial charge in [0.1, 0.15) is 5.82 Å². The van der Waals surface area contributed by atoms with E-state index in [-0.39, 0.29) is 0 Å². The van der Waals surface area contributed by atoms with Crippen molar-refractivity contribution in [1.29, 1.82) is 0 Å². The van der Waals surface area contributed by atoms with Gasteiger partial charge in [0.2, 0.25) is 0 Å². The van der Waals surface area contributed by atoms with Crippen molar-refractivity contribution in [1.82, 2.24) is 9.88 Å². The van der Waals surface area contributed by atoms with Gasteiger partial charge in [-0.3, -0.25) is 4.90 Å². The predicted molar refractivity (Wildman–Crippen MR) is 77.8 cm³/mol. The second-order valence-electron chi connectivity index (χ2n) is 4.96. The van der Waals surface area contributed by atoms with Gasteiger partial charge in [-0.15, -0.1) is 0 Å². The standard InChI is InChI=1S/C16H19N3/c1-2-17-16-9-5-8-15(18-16)12-19-10-13-6-3-4-7-14(13)11-19/h3-9H,2,10-12H2,1H3,(H,17,18). The van der Waals surface area contributed by atoms with Gasteiger partial charge in [0.05, 0.1) is 5.69 Å². The number of aromatic nitrogens is 1. The van der Waals surface area contributed by atoms with Gasteiger partial charge in [-0.25, -0.2) is 4.98 Å². The van der Waals surface area contributed by atoms with Gasteiger partial charge in [0, 0.05) is 26.2 Å². The average molecular weight is 253 g/mol. The van der Waals surface area contributed by atoms with Crippen molar-refractivity contribution in [3.05, 3.63) is 59.3 Å². The van der Waals surface area contributed by atoms with Crippen molar-refractivity contribution in [2.45, 2.75) is 26.6 Å². The van der Waals surface area contributed by atoms with Gasteiger partial charge < -0.3 is 5.32 Å². The Balaban J connectivity index is 1.69. The van der Waals surface area contributed by atoms with E-state index >= 15 is 0 Å². The molecule has 19 heavy (non-hydrogen) atoms. The number of fused-ring (bicyclic) bond motifs is 1. The molecule has 0 aliphatic carbocycles. The summed E-state index contributed by atoms with van der Waals surface area (Å²) in [6.07, 6.45) is 0. The smallest absolute Gasteiger partial charge is 0.126 e. The van der Waals surface area contributed by atoms with Crippen LogP contribution in [0.2, 0.25) is 0 Å². The van der Waals surface area contributed by atoms with Crippen LogP contribution in [0.3, 0.4) is 0 Å². The van der Waals surface area contributed by atoms with Gasteiger partial charge in [-0.2, -0.15) is 0 Å². The molecule has 0 atom stereocenters. The van der Waals surface area contributed by atoms with Gasteiger partial charge in [0.25, 0.3) is 0 Å². The highest BCUT2D eigenvalue weighted by Crippen LogP contribution is 2.23. The number of hydrogen-bond donors (Lipinski definition) is 1. The lowest BCUT2D eigenvalue weighted by molar-refractivity contribution is 0.272. The molecule has 3 heteroatoms. The summed E-state index contributed by atoms with van der Waals surface area (Å²) in [5, 5.41) is 3.26. The Hall–Kier alpha value is -1.87. The highest BCUT2D eigenvalue weighted by atomic mass is 15.1. The maximum Gasteiger partial charge on any atom is 0.126 e. The van der Waals surface area contributed by atoms with E-state index in [1.807, 2.05) is 6.07 Å². The van der Waals surface area contributed by atoms with Crippen LogP contribution in [-0.4, -0.2) is 16.4 Å². The first-order valence-electron chi connectivity index (χ1n) is 6.84. The molecule has 3 nitrogen and oxygen atoms in total. The van der Waals surface area contributed by atoms with Crippen LogP contribution in [0.25, 0.3) is 0 Å². The monoisotopic (exact) mass is 253 g/mol. The first-order valence-corrected chi connectivity index (χ1v) is 6.84. The molecule has 2 heterocycles. The second kappa shape index (κ2) is 5.41. The first-order chi connectivity index (χ1) is 9.35. The minimum Gasteiger partial charge on any atom is -0.370 e. The molecule has 0 saturated carbocycles. The molecule has 1 aromatic heterocycles. The SMILES string of the molecule is CCNc1cccc(CN2Cc3ccccc3C2)n1. The second-order valence-corrected chi connectivity index (χ2v) is 4.96. The van der Waals surface area contributed by atoms with E-state index in [9.17, 15) is 0 Å². The topological polar surface area (TPSA) is 28.2 Å². The molecule has 0 unspecified atom stereocenters. The molecule has 1 N–H and O–H groups in total. The molecule has 98 valence electrons. The number of nitrogens with one attached hydrogen (secondary N) is 1. The molecule has 2 aromatic rings. The largest absolute Gasteiger partial charge is 0.370 e. The molecule has 0 radical (unpaired) electrons. The quantitative estimate of drug-likeness (QED) is 0.907. The third kappa shape index (κ3) is 2.76. The van der Waals surface area contributed by atoms with Crippen molar-refractivity contribution in [3.63, 3.8) is 0 Å². The summed E-state index contributed by atoms with van der Waals surface area (Å²) in [6, 6.07) is 14.9. The molecule has 1 aliphatic rings. The average Bonchev–Trinajstić information content (AvgIpc) is 2.81. The van der Waals surface area contributed by atoms with Gasteiger partial charge in [-0.05, 0) is 30.2 Å². The minimum absolute atomic E-state index is 0.908. The van der Waals surface area contributed by atoms with Gasteiger partial charge >= 0.3 is 0 Å². The van der Waals surface area contributed by atoms with Crippen LogP contribution in [-0.2, 0) is 19.6 Å². The van der Waals surface area contributed by atoms with Crippen molar-refractivity contribution < 1.29 is 0 Å². The van der Waals surface area contributed by atoms with Crippen LogP contribution in [0.5, 0.6) is 0 Å². The van der Waals surface area contributed by atoms with Crippen LogP contribution >= 0.6 is 0 Å². The summed E-state index contributed by atoms with van der Waals surface area (Å²) in [7, 11) is 0. The molecule has 3 rings (SSSR count). The molecule has 1 aromatic carbocycles. The van der Waals surface area contributed by atoms with E-state index in [4.69, 9.17) is 0 Å². The van der Waals surface area contributed by atoms with E-state index in [0.717, 1.165) is 37.7 Å². The van der Waals surface area contributed by atoms with Crippen LogP contribution in [0.15, 0.2) is 42.5 Å². The fraction of sp³-hybridized carbons (Fsp3) is 0.312. The molecule has 0 spiro atoms. The van der Waals surface area contributed by atoms with E-state index in [2.05, 4.69) is 58.5 Å². The maximum atomic E-state index is 4.64. The molecule has 0 fully saturated rings. The zero-order valence-corrected chi connectivity index (χ0v) is 11.3. The van der Waals surface area contributed by atoms with E-state index in [0.29, 0.717) is 0 Å². The summed E-state index contributed by atoms with van der Waals surface area (Å²) in [5.74, 6) is 0.969. The van der Waals surface area contributed by atoms with Crippen molar-refractivity contribution in [3.8, 4) is 0 Å². The minimum atomic E-state index is 0.908. The molecule has 0 saturated heterocycles. The van der Waals surface area contributed by atoms with Crippen molar-refractivity contribution in [2.24, 2.45) is 0 Å². The summed E-state index contributed by atoms with van der Waals surface area (Å²) in [6.45, 7) is 5.97. The fourth-order valence-electron chi connectivity index (χ4n) is 2.59. The molecule has 0 amide bonds. The normalized spacial score (nSPS) is 14.4. The van der Waals surface area contributed by atoms with Gasteiger partial charge in [0.15, 0.2) is 0 Å². The lowest BCUT2D eigenvalue weighted by atomic mass is 10.1. The Morgan fingerprint density at radius 2 is 1.79 bits per heavy atom. The highest BCUT2D eigenvalue weighted by Gasteiger charge is 2.18. The Morgan fingerprint density at radius 1 is 1.05 bits per heavy atom. The molecular weight excluding hydrogens is 234 g/mol. The number of anilines is 1. The highest BCUT2D eigenvalue weighted by molar-refractivity contribution is 5.35. The van der Waals surface area contributed by atoms with Crippen LogP contribution < -0.4 is 5.32 Å². The number of benzene rings is 1. The molecule has 1 aliphatic heterocycles. The van der Waals surface area contributed by atoms with E-state index in [1.165, 1.54) is 11.1 Å². The Kier molecular flexibility index (Phi) is 3.47. The summed E-state index contributed by atoms with van der Waals surface area (Å²) >= 11 is 0. The number of pyridine rings is 1. The zero-order chi connectivity index (χ0) is 13.1. The summed E-state index contributed by atoms with van der Waals surface area (Å²) in [5.41, 5.74) is 4.03. The Labute approximate surface area is 114 Å². The van der Waals surface area contributed by atoms with E-state index < -0.39 is 0 Å². The van der Waals surface area contributed by atoms with Gasteiger partial charge in [-0.1, -0.05) is 30.3 Å². The summed E-state index contributed by atoms with van der Waals surface area (Å²) in [4.78, 5) is 7.07. The van der Waals surface area contributed by atoms with Crippen LogP contribution in [0, 0.1) is 0 Å². The van der Waals surface area contributed by atoms with Crippen molar-refractivity contribution in [2.75, 3.05) is 11.9 Å². The Bertz CT molecular complexity index is 540. The molecule has 0 bridgehead atoms. The lowest BCUT2D eigenvalue weighted by Crippen LogP contribution is -2.16. The number of hydrogen-bond acceptors (Lipinski definition) is 3. The van der Waals surface area contributed by atoms with Crippen LogP contribution in [0.4, 0.5) is 5.82 Å². The van der Waals surface area contributed by atoms with Crippen LogP contribution in [0.1, 0.15) is 23.7 Å². The zero-order valence-electron chi connectivity index (χ0n) is 11.3. The van der Waals surface area contributed by atoms with Crippen molar-refractivity contribution >= 4 is 5.82 Å². The lowest BCUT2D eigenvalue weighted by Gasteiger charge is -2.14. The molecular formula is C16H19N3. The Morgan fingerprint density at radius 3 is 2.47 bits per heavy atom. The third-order valence-electron chi connectivity index (χ3n) is 3.46. The number of nitrogens with zero attached hydrogens (tertiary/aromatic N) is 2. The maximum absolute atomic E-state index is 4.64. The van der Waals surface area contributed by atoms with E-state index in [1.54, 1.807) is 0 Å². The fourth-order valence-corrected chi connectivity index (χ4v) is 2.59. The summed E-state index contributed by atoms with van der Waals surface area (Å²) < 4.78 is 0. The first kappa shape index (κ1) is 12.2. The number of rotatable bonds is 4. The predicted octanol–water partition coefficient (Wildman–Crippen LogP) is 3.03.